The summed E-state index contributed by atoms with van der Waals surface area (Å²) in [4.78, 5) is 2.34. The summed E-state index contributed by atoms with van der Waals surface area (Å²) >= 11 is 0. The standard InChI is InChI=1S/C28H25F3N2O/c29-28(30,31)23-14-12-22(13-15-23)27-26-11-5-16-32(26)17-6-18-33(27)20-21-7-4-10-25(19-21)34-24-8-2-1-3-9-24/h1-5,7-16,19,27H,6,17-18,20H2/t27-/m0/s1. The van der Waals surface area contributed by atoms with Crippen LogP contribution >= 0.6 is 0 Å². The Bertz CT molecular complexity index is 1230. The average molecular weight is 463 g/mol. The second kappa shape index (κ2) is 9.39. The number of aromatic nitrogens is 1. The summed E-state index contributed by atoms with van der Waals surface area (Å²) in [5, 5.41) is 0. The normalized spacial score (nSPS) is 16.6. The van der Waals surface area contributed by atoms with Crippen LogP contribution in [0.1, 0.15) is 34.8 Å². The number of nitrogens with zero attached hydrogens (tertiary/aromatic N) is 2. The van der Waals surface area contributed by atoms with E-state index in [-0.39, 0.29) is 6.04 Å². The number of rotatable bonds is 5. The van der Waals surface area contributed by atoms with Gasteiger partial charge in [0.1, 0.15) is 11.5 Å². The maximum atomic E-state index is 13.1. The van der Waals surface area contributed by atoms with E-state index in [4.69, 9.17) is 4.74 Å². The molecule has 1 aromatic heterocycles. The zero-order chi connectivity index (χ0) is 23.5. The van der Waals surface area contributed by atoms with Crippen LogP contribution in [0.15, 0.2) is 97.2 Å². The molecule has 6 heteroatoms. The lowest BCUT2D eigenvalue weighted by Gasteiger charge is -2.31. The summed E-state index contributed by atoms with van der Waals surface area (Å²) in [7, 11) is 0. The van der Waals surface area contributed by atoms with Gasteiger partial charge in [-0.05, 0) is 66.1 Å². The molecule has 0 radical (unpaired) electrons. The molecule has 1 atom stereocenters. The number of benzene rings is 3. The van der Waals surface area contributed by atoms with Crippen molar-refractivity contribution in [2.45, 2.75) is 31.7 Å². The number of hydrogen-bond donors (Lipinski definition) is 0. The van der Waals surface area contributed by atoms with Crippen LogP contribution in [-0.2, 0) is 19.3 Å². The summed E-state index contributed by atoms with van der Waals surface area (Å²) in [6.45, 7) is 2.37. The van der Waals surface area contributed by atoms with Crippen molar-refractivity contribution in [3.05, 3.63) is 120 Å². The number of halogens is 3. The Morgan fingerprint density at radius 1 is 0.794 bits per heavy atom. The van der Waals surface area contributed by atoms with E-state index < -0.39 is 11.7 Å². The summed E-state index contributed by atoms with van der Waals surface area (Å²) in [6, 6.07) is 27.1. The number of ether oxygens (including phenoxy) is 1. The molecule has 0 amide bonds. The van der Waals surface area contributed by atoms with Crippen molar-refractivity contribution in [2.75, 3.05) is 6.54 Å². The zero-order valence-corrected chi connectivity index (χ0v) is 18.6. The summed E-state index contributed by atoms with van der Waals surface area (Å²) in [5.74, 6) is 1.53. The van der Waals surface area contributed by atoms with Crippen molar-refractivity contribution in [1.29, 1.82) is 0 Å². The minimum Gasteiger partial charge on any atom is -0.457 e. The summed E-state index contributed by atoms with van der Waals surface area (Å²) < 4.78 is 47.7. The molecule has 4 aromatic rings. The van der Waals surface area contributed by atoms with E-state index in [9.17, 15) is 13.2 Å². The fourth-order valence-corrected chi connectivity index (χ4v) is 4.61. The largest absolute Gasteiger partial charge is 0.457 e. The molecule has 0 bridgehead atoms. The van der Waals surface area contributed by atoms with Crippen molar-refractivity contribution in [3.63, 3.8) is 0 Å². The second-order valence-electron chi connectivity index (χ2n) is 8.54. The summed E-state index contributed by atoms with van der Waals surface area (Å²) in [6.07, 6.45) is -1.34. The number of para-hydroxylation sites is 1. The first kappa shape index (κ1) is 22.3. The molecule has 0 saturated heterocycles. The highest BCUT2D eigenvalue weighted by Gasteiger charge is 2.32. The molecule has 0 unspecified atom stereocenters. The average Bonchev–Trinajstić information content (AvgIpc) is 3.21. The number of fused-ring (bicyclic) bond motifs is 1. The van der Waals surface area contributed by atoms with Crippen molar-refractivity contribution < 1.29 is 17.9 Å². The molecule has 0 aliphatic carbocycles. The number of hydrogen-bond acceptors (Lipinski definition) is 2. The lowest BCUT2D eigenvalue weighted by Crippen LogP contribution is -2.29. The van der Waals surface area contributed by atoms with E-state index in [1.165, 1.54) is 12.1 Å². The lowest BCUT2D eigenvalue weighted by molar-refractivity contribution is -0.137. The first-order valence-electron chi connectivity index (χ1n) is 11.4. The van der Waals surface area contributed by atoms with Crippen molar-refractivity contribution in [3.8, 4) is 11.5 Å². The quantitative estimate of drug-likeness (QED) is 0.310. The van der Waals surface area contributed by atoms with Gasteiger partial charge >= 0.3 is 6.18 Å². The predicted molar refractivity (Wildman–Crippen MR) is 126 cm³/mol. The SMILES string of the molecule is FC(F)(F)c1ccc([C@H]2c3cccn3CCCN2Cc2cccc(Oc3ccccc3)c2)cc1. The van der Waals surface area contributed by atoms with Crippen LogP contribution in [0.25, 0.3) is 0 Å². The molecule has 0 N–H and O–H groups in total. The van der Waals surface area contributed by atoms with Gasteiger partial charge in [-0.25, -0.2) is 0 Å². The number of alkyl halides is 3. The Morgan fingerprint density at radius 2 is 1.56 bits per heavy atom. The van der Waals surface area contributed by atoms with Crippen molar-refractivity contribution in [1.82, 2.24) is 9.47 Å². The molecular formula is C28H25F3N2O. The molecule has 174 valence electrons. The topological polar surface area (TPSA) is 17.4 Å². The number of aryl methyl sites for hydroxylation is 1. The van der Waals surface area contributed by atoms with Crippen LogP contribution in [0.5, 0.6) is 11.5 Å². The minimum atomic E-state index is -4.35. The fraction of sp³-hybridized carbons (Fsp3) is 0.214. The van der Waals surface area contributed by atoms with Gasteiger partial charge < -0.3 is 9.30 Å². The first-order chi connectivity index (χ1) is 16.5. The van der Waals surface area contributed by atoms with E-state index in [0.717, 1.165) is 47.8 Å². The molecule has 34 heavy (non-hydrogen) atoms. The monoisotopic (exact) mass is 462 g/mol. The zero-order valence-electron chi connectivity index (χ0n) is 18.6. The maximum Gasteiger partial charge on any atom is 0.416 e. The van der Waals surface area contributed by atoms with Gasteiger partial charge in [0.25, 0.3) is 0 Å². The lowest BCUT2D eigenvalue weighted by atomic mass is 9.99. The highest BCUT2D eigenvalue weighted by molar-refractivity contribution is 5.36. The molecule has 0 fully saturated rings. The molecular weight excluding hydrogens is 437 g/mol. The third kappa shape index (κ3) is 4.87. The van der Waals surface area contributed by atoms with Gasteiger partial charge in [-0.15, -0.1) is 0 Å². The van der Waals surface area contributed by atoms with Crippen molar-refractivity contribution in [2.24, 2.45) is 0 Å². The minimum absolute atomic E-state index is 0.140. The molecule has 1 aliphatic heterocycles. The van der Waals surface area contributed by atoms with Crippen LogP contribution in [0.3, 0.4) is 0 Å². The van der Waals surface area contributed by atoms with Crippen LogP contribution in [0, 0.1) is 0 Å². The van der Waals surface area contributed by atoms with E-state index >= 15 is 0 Å². The molecule has 0 saturated carbocycles. The highest BCUT2D eigenvalue weighted by Crippen LogP contribution is 2.36. The smallest absolute Gasteiger partial charge is 0.416 e. The molecule has 5 rings (SSSR count). The Morgan fingerprint density at radius 3 is 2.32 bits per heavy atom. The van der Waals surface area contributed by atoms with Gasteiger partial charge in [-0.3, -0.25) is 4.90 Å². The molecule has 1 aliphatic rings. The Kier molecular flexibility index (Phi) is 6.16. The Hall–Kier alpha value is -3.51. The van der Waals surface area contributed by atoms with Gasteiger partial charge in [0.05, 0.1) is 11.6 Å². The van der Waals surface area contributed by atoms with E-state index in [0.29, 0.717) is 6.54 Å². The van der Waals surface area contributed by atoms with E-state index in [1.807, 2.05) is 60.8 Å². The van der Waals surface area contributed by atoms with E-state index in [1.54, 1.807) is 12.1 Å². The van der Waals surface area contributed by atoms with Crippen molar-refractivity contribution >= 4 is 0 Å². The highest BCUT2D eigenvalue weighted by atomic mass is 19.4. The Balaban J connectivity index is 1.44. The summed E-state index contributed by atoms with van der Waals surface area (Å²) in [5.41, 5.74) is 2.41. The second-order valence-corrected chi connectivity index (χ2v) is 8.54. The third-order valence-corrected chi connectivity index (χ3v) is 6.17. The van der Waals surface area contributed by atoms with Crippen LogP contribution < -0.4 is 4.74 Å². The molecule has 3 nitrogen and oxygen atoms in total. The van der Waals surface area contributed by atoms with Gasteiger partial charge in [0, 0.05) is 31.5 Å². The maximum absolute atomic E-state index is 13.1. The fourth-order valence-electron chi connectivity index (χ4n) is 4.61. The van der Waals surface area contributed by atoms with Crippen LogP contribution in [0.2, 0.25) is 0 Å². The van der Waals surface area contributed by atoms with Gasteiger partial charge in [-0.1, -0.05) is 42.5 Å². The van der Waals surface area contributed by atoms with Gasteiger partial charge in [-0.2, -0.15) is 13.2 Å². The van der Waals surface area contributed by atoms with Crippen LogP contribution in [-0.4, -0.2) is 16.0 Å². The Labute approximate surface area is 197 Å². The first-order valence-corrected chi connectivity index (χ1v) is 11.4. The molecule has 3 aromatic carbocycles. The molecule has 2 heterocycles. The van der Waals surface area contributed by atoms with Gasteiger partial charge in [0.15, 0.2) is 0 Å². The third-order valence-electron chi connectivity index (χ3n) is 6.17. The molecule has 0 spiro atoms. The predicted octanol–water partition coefficient (Wildman–Crippen LogP) is 7.29. The van der Waals surface area contributed by atoms with Crippen LogP contribution in [0.4, 0.5) is 13.2 Å². The van der Waals surface area contributed by atoms with E-state index in [2.05, 4.69) is 21.6 Å². The van der Waals surface area contributed by atoms with Gasteiger partial charge in [0.2, 0.25) is 0 Å².